The van der Waals surface area contributed by atoms with Crippen molar-refractivity contribution in [2.75, 3.05) is 26.2 Å². The highest BCUT2D eigenvalue weighted by Gasteiger charge is 2.42. The Balaban J connectivity index is 1.28. The molecule has 2 fully saturated rings. The molecular weight excluding hydrogens is 371 g/mol. The lowest BCUT2D eigenvalue weighted by Crippen LogP contribution is -2.41. The molecule has 0 aliphatic carbocycles. The van der Waals surface area contributed by atoms with Gasteiger partial charge in [-0.3, -0.25) is 10.1 Å². The van der Waals surface area contributed by atoms with E-state index in [-0.39, 0.29) is 17.7 Å². The van der Waals surface area contributed by atoms with E-state index in [2.05, 4.69) is 10.2 Å². The summed E-state index contributed by atoms with van der Waals surface area (Å²) in [5, 5.41) is 12.7. The number of carbonyl (C=O) groups excluding carboxylic acids is 1. The van der Waals surface area contributed by atoms with Crippen molar-refractivity contribution in [2.24, 2.45) is 5.92 Å². The Kier molecular flexibility index (Phi) is 5.94. The molecule has 2 N–H and O–H groups in total. The predicted octanol–water partition coefficient (Wildman–Crippen LogP) is 2.83. The summed E-state index contributed by atoms with van der Waals surface area (Å²) < 4.78 is 19.2. The van der Waals surface area contributed by atoms with Gasteiger partial charge in [-0.05, 0) is 68.1 Å². The van der Waals surface area contributed by atoms with E-state index >= 15 is 0 Å². The Morgan fingerprint density at radius 3 is 2.48 bits per heavy atom. The first-order valence-corrected chi connectivity index (χ1v) is 10.2. The number of ether oxygens (including phenoxy) is 1. The van der Waals surface area contributed by atoms with Crippen LogP contribution in [0.2, 0.25) is 0 Å². The van der Waals surface area contributed by atoms with Gasteiger partial charge in [0.1, 0.15) is 11.6 Å². The van der Waals surface area contributed by atoms with E-state index in [4.69, 9.17) is 4.74 Å². The van der Waals surface area contributed by atoms with Gasteiger partial charge in [-0.25, -0.2) is 4.39 Å². The Bertz CT molecular complexity index is 819. The van der Waals surface area contributed by atoms with Crippen LogP contribution in [0.4, 0.5) is 4.39 Å². The summed E-state index contributed by atoms with van der Waals surface area (Å²) in [6.45, 7) is 3.39. The van der Waals surface area contributed by atoms with Gasteiger partial charge in [-0.1, -0.05) is 24.3 Å². The summed E-state index contributed by atoms with van der Waals surface area (Å²) >= 11 is 0. The zero-order valence-corrected chi connectivity index (χ0v) is 16.4. The van der Waals surface area contributed by atoms with Gasteiger partial charge in [0.15, 0.2) is 6.29 Å². The second kappa shape index (κ2) is 8.61. The quantitative estimate of drug-likeness (QED) is 0.733. The molecule has 2 aromatic carbocycles. The lowest BCUT2D eigenvalue weighted by molar-refractivity contribution is -0.134. The molecule has 6 heteroatoms. The van der Waals surface area contributed by atoms with E-state index in [1.165, 1.54) is 17.7 Å². The van der Waals surface area contributed by atoms with Crippen molar-refractivity contribution in [1.82, 2.24) is 10.2 Å². The summed E-state index contributed by atoms with van der Waals surface area (Å²) in [4.78, 5) is 14.2. The number of piperidine rings is 1. The molecule has 154 valence electrons. The van der Waals surface area contributed by atoms with Crippen molar-refractivity contribution in [2.45, 2.75) is 31.1 Å². The molecule has 2 unspecified atom stereocenters. The van der Waals surface area contributed by atoms with Crippen LogP contribution < -0.4 is 5.32 Å². The molecule has 2 heterocycles. The summed E-state index contributed by atoms with van der Waals surface area (Å²) in [6.07, 6.45) is 3.93. The minimum absolute atomic E-state index is 0.0670. The summed E-state index contributed by atoms with van der Waals surface area (Å²) in [5.74, 6) is 0.589. The van der Waals surface area contributed by atoms with E-state index in [1.54, 1.807) is 24.3 Å². The van der Waals surface area contributed by atoms with Crippen LogP contribution in [0, 0.1) is 11.7 Å². The number of hydrogen-bond acceptors (Lipinski definition) is 5. The molecule has 0 spiro atoms. The molecule has 0 bridgehead atoms. The van der Waals surface area contributed by atoms with Gasteiger partial charge >= 0.3 is 0 Å². The Labute approximate surface area is 170 Å². The highest BCUT2D eigenvalue weighted by atomic mass is 19.1. The van der Waals surface area contributed by atoms with Crippen molar-refractivity contribution in [3.8, 4) is 5.75 Å². The smallest absolute Gasteiger partial charge is 0.202 e. The molecule has 0 saturated carbocycles. The van der Waals surface area contributed by atoms with Crippen molar-refractivity contribution in [1.29, 1.82) is 0 Å². The number of halogens is 1. The van der Waals surface area contributed by atoms with Crippen LogP contribution in [-0.2, 0) is 21.7 Å². The zero-order valence-electron chi connectivity index (χ0n) is 16.4. The number of aldehydes is 1. The fourth-order valence-electron chi connectivity index (χ4n) is 4.35. The Morgan fingerprint density at radius 2 is 1.83 bits per heavy atom. The molecule has 2 saturated heterocycles. The highest BCUT2D eigenvalue weighted by molar-refractivity contribution is 5.66. The minimum Gasteiger partial charge on any atom is -0.508 e. The summed E-state index contributed by atoms with van der Waals surface area (Å²) in [6, 6.07) is 13.4. The van der Waals surface area contributed by atoms with Gasteiger partial charge in [0.25, 0.3) is 0 Å². The first-order chi connectivity index (χ1) is 14.1. The molecule has 4 rings (SSSR count). The van der Waals surface area contributed by atoms with Crippen LogP contribution in [0.5, 0.6) is 5.75 Å². The lowest BCUT2D eigenvalue weighted by atomic mass is 9.90. The molecule has 0 amide bonds. The average Bonchev–Trinajstić information content (AvgIpc) is 3.16. The maximum Gasteiger partial charge on any atom is 0.202 e. The predicted molar refractivity (Wildman–Crippen MR) is 108 cm³/mol. The SMILES string of the molecule is O=CC1(c2ccc(O)cc2)NCC(CN2CCC(Cc3ccc(F)cc3)CC2)O1. The molecule has 2 aliphatic rings. The molecule has 0 aromatic heterocycles. The van der Waals surface area contributed by atoms with Gasteiger partial charge < -0.3 is 14.7 Å². The maximum absolute atomic E-state index is 13.1. The lowest BCUT2D eigenvalue weighted by Gasteiger charge is -2.33. The molecule has 29 heavy (non-hydrogen) atoms. The number of rotatable bonds is 6. The van der Waals surface area contributed by atoms with Gasteiger partial charge in [-0.2, -0.15) is 0 Å². The first kappa shape index (κ1) is 20.0. The van der Waals surface area contributed by atoms with Crippen LogP contribution >= 0.6 is 0 Å². The maximum atomic E-state index is 13.1. The van der Waals surface area contributed by atoms with Crippen molar-refractivity contribution in [3.05, 3.63) is 65.5 Å². The standard InChI is InChI=1S/C23H27FN2O3/c24-20-5-1-17(2-6-20)13-18-9-11-26(12-10-18)15-22-14-25-23(16-27,29-22)19-3-7-21(28)8-4-19/h1-8,16,18,22,25,28H,9-15H2. The second-order valence-electron chi connectivity index (χ2n) is 8.10. The third-order valence-electron chi connectivity index (χ3n) is 6.01. The number of nitrogens with one attached hydrogen (secondary N) is 1. The van der Waals surface area contributed by atoms with E-state index in [0.29, 0.717) is 18.0 Å². The number of benzene rings is 2. The summed E-state index contributed by atoms with van der Waals surface area (Å²) in [7, 11) is 0. The van der Waals surface area contributed by atoms with Crippen LogP contribution in [0.1, 0.15) is 24.0 Å². The van der Waals surface area contributed by atoms with Crippen molar-refractivity contribution in [3.63, 3.8) is 0 Å². The largest absolute Gasteiger partial charge is 0.508 e. The third-order valence-corrected chi connectivity index (χ3v) is 6.01. The number of carbonyl (C=O) groups is 1. The average molecular weight is 398 g/mol. The normalized spacial score (nSPS) is 25.9. The third kappa shape index (κ3) is 4.66. The van der Waals surface area contributed by atoms with E-state index in [0.717, 1.165) is 45.2 Å². The fraction of sp³-hybridized carbons (Fsp3) is 0.435. The van der Waals surface area contributed by atoms with Crippen LogP contribution in [-0.4, -0.2) is 48.6 Å². The molecule has 2 aromatic rings. The number of nitrogens with zero attached hydrogens (tertiary/aromatic N) is 1. The highest BCUT2D eigenvalue weighted by Crippen LogP contribution is 2.29. The van der Waals surface area contributed by atoms with Crippen molar-refractivity contribution >= 4 is 6.29 Å². The minimum atomic E-state index is -1.14. The van der Waals surface area contributed by atoms with Crippen LogP contribution in [0.15, 0.2) is 48.5 Å². The fourth-order valence-corrected chi connectivity index (χ4v) is 4.35. The van der Waals surface area contributed by atoms with Gasteiger partial charge in [0.05, 0.1) is 6.10 Å². The van der Waals surface area contributed by atoms with E-state index in [9.17, 15) is 14.3 Å². The molecular formula is C23H27FN2O3. The first-order valence-electron chi connectivity index (χ1n) is 10.2. The van der Waals surface area contributed by atoms with Crippen LogP contribution in [0.3, 0.4) is 0 Å². The molecule has 2 aliphatic heterocycles. The number of hydrogen-bond donors (Lipinski definition) is 2. The molecule has 2 atom stereocenters. The zero-order chi connectivity index (χ0) is 20.3. The van der Waals surface area contributed by atoms with E-state index < -0.39 is 5.72 Å². The second-order valence-corrected chi connectivity index (χ2v) is 8.10. The van der Waals surface area contributed by atoms with E-state index in [1.807, 2.05) is 12.1 Å². The summed E-state index contributed by atoms with van der Waals surface area (Å²) in [5.41, 5.74) is 0.753. The van der Waals surface area contributed by atoms with Crippen molar-refractivity contribution < 1.29 is 19.0 Å². The topological polar surface area (TPSA) is 61.8 Å². The Morgan fingerprint density at radius 1 is 1.14 bits per heavy atom. The number of aromatic hydroxyl groups is 1. The van der Waals surface area contributed by atoms with Gasteiger partial charge in [0.2, 0.25) is 5.72 Å². The van der Waals surface area contributed by atoms with Gasteiger partial charge in [-0.15, -0.1) is 0 Å². The monoisotopic (exact) mass is 398 g/mol. The number of phenols is 1. The van der Waals surface area contributed by atoms with Crippen LogP contribution in [0.25, 0.3) is 0 Å². The van der Waals surface area contributed by atoms with Gasteiger partial charge in [0, 0.05) is 18.7 Å². The number of phenolic OH excluding ortho intramolecular Hbond substituents is 1. The number of likely N-dealkylation sites (tertiary alicyclic amines) is 1. The Hall–Kier alpha value is -2.28. The molecule has 5 nitrogen and oxygen atoms in total. The molecule has 0 radical (unpaired) electrons.